The number of benzene rings is 2. The van der Waals surface area contributed by atoms with E-state index in [0.29, 0.717) is 22.9 Å². The van der Waals surface area contributed by atoms with Gasteiger partial charge in [-0.25, -0.2) is 0 Å². The highest BCUT2D eigenvalue weighted by Crippen LogP contribution is 2.19. The van der Waals surface area contributed by atoms with Crippen molar-refractivity contribution in [3.05, 3.63) is 70.2 Å². The number of aliphatic hydroxyl groups excluding tert-OH is 1. The van der Waals surface area contributed by atoms with Gasteiger partial charge >= 0.3 is 0 Å². The van der Waals surface area contributed by atoms with E-state index in [9.17, 15) is 5.11 Å². The quantitative estimate of drug-likeness (QED) is 0.497. The lowest BCUT2D eigenvalue weighted by molar-refractivity contribution is 0.170. The minimum absolute atomic E-state index is 0. The normalized spacial score (nSPS) is 13.3. The van der Waals surface area contributed by atoms with E-state index in [1.54, 1.807) is 0 Å². The van der Waals surface area contributed by atoms with Crippen LogP contribution in [-0.2, 0) is 12.2 Å². The van der Waals surface area contributed by atoms with E-state index in [4.69, 9.17) is 11.6 Å². The molecule has 2 N–H and O–H groups in total. The molecule has 0 aliphatic heterocycles. The van der Waals surface area contributed by atoms with Gasteiger partial charge in [0.2, 0.25) is 0 Å². The second kappa shape index (κ2) is 12.0. The number of nitrogens with one attached hydrogen (secondary N) is 1. The summed E-state index contributed by atoms with van der Waals surface area (Å²) in [6.07, 6.45) is 0.399. The van der Waals surface area contributed by atoms with Crippen molar-refractivity contribution in [2.75, 3.05) is 6.54 Å². The maximum atomic E-state index is 10.3. The van der Waals surface area contributed by atoms with E-state index < -0.39 is 6.10 Å². The first-order valence-electron chi connectivity index (χ1n) is 8.80. The van der Waals surface area contributed by atoms with E-state index in [1.165, 1.54) is 11.1 Å². The second-order valence-electron chi connectivity index (χ2n) is 6.76. The predicted molar refractivity (Wildman–Crippen MR) is 121 cm³/mol. The molecule has 0 aromatic heterocycles. The number of hydrogen-bond acceptors (Lipinski definition) is 3. The summed E-state index contributed by atoms with van der Waals surface area (Å²) in [5, 5.41) is 15.0. The molecule has 2 aromatic carbocycles. The topological polar surface area (TPSA) is 32.3 Å². The zero-order valence-electron chi connectivity index (χ0n) is 15.6. The third-order valence-electron chi connectivity index (χ3n) is 4.04. The second-order valence-corrected chi connectivity index (χ2v) is 8.76. The summed E-state index contributed by atoms with van der Waals surface area (Å²) in [7, 11) is 0. The number of thioether (sulfide) groups is 1. The van der Waals surface area contributed by atoms with Crippen molar-refractivity contribution in [1.82, 2.24) is 5.32 Å². The van der Waals surface area contributed by atoms with E-state index in [0.717, 1.165) is 17.7 Å². The lowest BCUT2D eigenvalue weighted by Crippen LogP contribution is -2.32. The Morgan fingerprint density at radius 3 is 2.31 bits per heavy atom. The molecule has 144 valence electrons. The summed E-state index contributed by atoms with van der Waals surface area (Å²) < 4.78 is 0. The van der Waals surface area contributed by atoms with Crippen molar-refractivity contribution in [2.45, 2.75) is 50.3 Å². The van der Waals surface area contributed by atoms with Gasteiger partial charge in [0.05, 0.1) is 6.10 Å². The van der Waals surface area contributed by atoms with Crippen molar-refractivity contribution in [1.29, 1.82) is 0 Å². The summed E-state index contributed by atoms with van der Waals surface area (Å²) in [6.45, 7) is 7.12. The molecule has 0 heterocycles. The van der Waals surface area contributed by atoms with E-state index in [1.807, 2.05) is 36.0 Å². The van der Waals surface area contributed by atoms with E-state index in [-0.39, 0.29) is 17.0 Å². The largest absolute Gasteiger partial charge is 0.387 e. The Morgan fingerprint density at radius 2 is 1.69 bits per heavy atom. The van der Waals surface area contributed by atoms with Gasteiger partial charge in [-0.05, 0) is 47.4 Å². The summed E-state index contributed by atoms with van der Waals surface area (Å²) >= 11 is 7.94. The zero-order chi connectivity index (χ0) is 18.2. The highest BCUT2D eigenvalue weighted by Gasteiger charge is 2.10. The monoisotopic (exact) mass is 457 g/mol. The Morgan fingerprint density at radius 1 is 1.04 bits per heavy atom. The smallest absolute Gasteiger partial charge is 0.0914 e. The highest BCUT2D eigenvalue weighted by atomic mass is 79.9. The van der Waals surface area contributed by atoms with E-state index >= 15 is 0 Å². The van der Waals surface area contributed by atoms with Crippen LogP contribution in [0.1, 0.15) is 43.6 Å². The van der Waals surface area contributed by atoms with Gasteiger partial charge in [0.25, 0.3) is 0 Å². The average Bonchev–Trinajstić information content (AvgIpc) is 2.59. The van der Waals surface area contributed by atoms with Crippen LogP contribution in [0, 0.1) is 0 Å². The van der Waals surface area contributed by atoms with Gasteiger partial charge in [-0.15, -0.1) is 17.0 Å². The van der Waals surface area contributed by atoms with Crippen LogP contribution in [0.3, 0.4) is 0 Å². The fourth-order valence-electron chi connectivity index (χ4n) is 2.60. The van der Waals surface area contributed by atoms with Gasteiger partial charge in [0.1, 0.15) is 0 Å². The van der Waals surface area contributed by atoms with E-state index in [2.05, 4.69) is 50.4 Å². The van der Waals surface area contributed by atoms with Crippen LogP contribution in [0.15, 0.2) is 48.5 Å². The van der Waals surface area contributed by atoms with Crippen LogP contribution in [0.5, 0.6) is 0 Å². The first-order chi connectivity index (χ1) is 11.9. The van der Waals surface area contributed by atoms with Gasteiger partial charge in [0.15, 0.2) is 0 Å². The molecular weight excluding hydrogens is 430 g/mol. The summed E-state index contributed by atoms with van der Waals surface area (Å²) in [5.74, 6) is 1.07. The van der Waals surface area contributed by atoms with Gasteiger partial charge in [0, 0.05) is 23.4 Å². The number of hydrogen-bond donors (Lipinski definition) is 2. The first-order valence-corrected chi connectivity index (χ1v) is 10.2. The van der Waals surface area contributed by atoms with Crippen LogP contribution < -0.4 is 5.32 Å². The van der Waals surface area contributed by atoms with Crippen LogP contribution in [0.25, 0.3) is 0 Å². The zero-order valence-corrected chi connectivity index (χ0v) is 18.9. The molecule has 2 atom stereocenters. The van der Waals surface area contributed by atoms with Crippen molar-refractivity contribution in [2.24, 2.45) is 0 Å². The molecule has 0 aliphatic rings. The minimum atomic E-state index is -0.545. The lowest BCUT2D eigenvalue weighted by Gasteiger charge is -2.18. The molecule has 0 saturated carbocycles. The van der Waals surface area contributed by atoms with Crippen molar-refractivity contribution < 1.29 is 5.11 Å². The molecule has 2 rings (SSSR count). The summed E-state index contributed by atoms with van der Waals surface area (Å²) in [5.41, 5.74) is 3.54. The molecule has 2 nitrogen and oxygen atoms in total. The maximum Gasteiger partial charge on any atom is 0.0914 e. The average molecular weight is 459 g/mol. The maximum absolute atomic E-state index is 10.3. The van der Waals surface area contributed by atoms with Gasteiger partial charge in [-0.3, -0.25) is 0 Å². The lowest BCUT2D eigenvalue weighted by atomic mass is 10.0. The van der Waals surface area contributed by atoms with Crippen molar-refractivity contribution in [3.8, 4) is 0 Å². The molecule has 26 heavy (non-hydrogen) atoms. The summed E-state index contributed by atoms with van der Waals surface area (Å²) in [6, 6.07) is 16.5. The molecule has 0 saturated heterocycles. The Bertz CT molecular complexity index is 651. The van der Waals surface area contributed by atoms with Crippen LogP contribution in [0.2, 0.25) is 5.02 Å². The van der Waals surface area contributed by atoms with Crippen molar-refractivity contribution in [3.63, 3.8) is 0 Å². The predicted octanol–water partition coefficient (Wildman–Crippen LogP) is 5.81. The molecular formula is C21H29BrClNOS. The molecule has 0 amide bonds. The molecule has 0 fully saturated rings. The number of halogens is 2. The third kappa shape index (κ3) is 8.45. The van der Waals surface area contributed by atoms with Gasteiger partial charge in [-0.1, -0.05) is 61.8 Å². The molecule has 5 heteroatoms. The van der Waals surface area contributed by atoms with Gasteiger partial charge < -0.3 is 10.4 Å². The molecule has 0 bridgehead atoms. The molecule has 0 aliphatic carbocycles. The highest BCUT2D eigenvalue weighted by molar-refractivity contribution is 8.93. The number of aliphatic hydroxyl groups is 1. The van der Waals surface area contributed by atoms with Crippen LogP contribution >= 0.6 is 40.3 Å². The molecule has 2 unspecified atom stereocenters. The summed E-state index contributed by atoms with van der Waals surface area (Å²) in [4.78, 5) is 0. The van der Waals surface area contributed by atoms with Crippen LogP contribution in [-0.4, -0.2) is 22.9 Å². The Labute approximate surface area is 177 Å². The minimum Gasteiger partial charge on any atom is -0.387 e. The molecule has 0 spiro atoms. The Hall–Kier alpha value is -0.520. The fraction of sp³-hybridized carbons (Fsp3) is 0.429. The first kappa shape index (κ1) is 23.5. The Kier molecular flexibility index (Phi) is 10.9. The standard InChI is InChI=1S/C21H28ClNOS.BrH/c1-15(2)25-14-18-9-7-17(8-10-18)11-16(3)23-13-21(24)19-5-4-6-20(22)12-19;/h4-10,12,15-16,21,23-24H,11,13-14H2,1-3H3;1H. The molecule has 2 aromatic rings. The SMILES string of the molecule is Br.CC(Cc1ccc(CSC(C)C)cc1)NCC(O)c1cccc(Cl)c1. The van der Waals surface area contributed by atoms with Crippen LogP contribution in [0.4, 0.5) is 0 Å². The fourth-order valence-corrected chi connectivity index (χ4v) is 3.52. The Balaban J connectivity index is 0.00000338. The molecule has 0 radical (unpaired) electrons. The van der Waals surface area contributed by atoms with Crippen molar-refractivity contribution >= 4 is 40.3 Å². The third-order valence-corrected chi connectivity index (χ3v) is 5.44. The van der Waals surface area contributed by atoms with Gasteiger partial charge in [-0.2, -0.15) is 11.8 Å². The number of rotatable bonds is 9.